The van der Waals surface area contributed by atoms with Crippen LogP contribution in [0.5, 0.6) is 5.75 Å². The zero-order valence-corrected chi connectivity index (χ0v) is 13.1. The fourth-order valence-electron chi connectivity index (χ4n) is 2.67. The zero-order valence-electron chi connectivity index (χ0n) is 12.4. The van der Waals surface area contributed by atoms with E-state index in [1.165, 1.54) is 0 Å². The molecule has 0 spiro atoms. The van der Waals surface area contributed by atoms with Crippen LogP contribution in [0.25, 0.3) is 11.1 Å². The molecule has 3 rings (SSSR count). The number of aromatic amines is 1. The molecule has 3 N–H and O–H groups in total. The molecule has 1 aliphatic rings. The molecule has 0 saturated carbocycles. The molecule has 2 aromatic rings. The van der Waals surface area contributed by atoms with Gasteiger partial charge in [0.25, 0.3) is 5.56 Å². The summed E-state index contributed by atoms with van der Waals surface area (Å²) in [5, 5.41) is 18.7. The Bertz CT molecular complexity index is 952. The van der Waals surface area contributed by atoms with Crippen LogP contribution in [-0.2, 0) is 17.2 Å². The van der Waals surface area contributed by atoms with E-state index in [-0.39, 0.29) is 35.2 Å². The van der Waals surface area contributed by atoms with Gasteiger partial charge in [-0.2, -0.15) is 10.5 Å². The highest BCUT2D eigenvalue weighted by molar-refractivity contribution is 6.17. The maximum Gasteiger partial charge on any atom is 0.268 e. The molecular weight excluding hydrogens is 332 g/mol. The van der Waals surface area contributed by atoms with E-state index < -0.39 is 5.56 Å². The Labute approximate surface area is 141 Å². The Hall–Kier alpha value is -3.00. The summed E-state index contributed by atoms with van der Waals surface area (Å²) in [6.45, 7) is 0.427. The molecule has 120 valence electrons. The number of hydrogen-bond donors (Lipinski definition) is 2. The van der Waals surface area contributed by atoms with Crippen molar-refractivity contribution in [1.29, 1.82) is 10.5 Å². The number of benzene rings is 1. The third-order valence-corrected chi connectivity index (χ3v) is 3.98. The van der Waals surface area contributed by atoms with Gasteiger partial charge in [0.2, 0.25) is 0 Å². The smallest absolute Gasteiger partial charge is 0.268 e. The van der Waals surface area contributed by atoms with Gasteiger partial charge in [0, 0.05) is 16.7 Å². The number of rotatable bonds is 2. The summed E-state index contributed by atoms with van der Waals surface area (Å²) >= 11 is 5.99. The van der Waals surface area contributed by atoms with E-state index >= 15 is 0 Å². The van der Waals surface area contributed by atoms with Crippen molar-refractivity contribution in [2.24, 2.45) is 0 Å². The quantitative estimate of drug-likeness (QED) is 0.804. The average Bonchev–Trinajstić information content (AvgIpc) is 2.60. The van der Waals surface area contributed by atoms with Crippen LogP contribution >= 0.6 is 11.6 Å². The number of aromatic nitrogens is 1. The lowest BCUT2D eigenvalue weighted by Gasteiger charge is -2.21. The molecular formula is C16H11ClN4O3. The van der Waals surface area contributed by atoms with Crippen molar-refractivity contribution in [3.05, 3.63) is 44.7 Å². The fourth-order valence-corrected chi connectivity index (χ4v) is 2.87. The maximum atomic E-state index is 12.0. The van der Waals surface area contributed by atoms with Gasteiger partial charge in [-0.15, -0.1) is 11.6 Å². The standard InChI is InChI=1S/C16H11ClN4O3/c17-3-9-1-8(2-10-6-23-7-24-14(9)10)13-11(4-18)15(20)21-16(22)12(13)5-19/h1-2H,3,6-7H2,(H3,20,21,22). The molecule has 24 heavy (non-hydrogen) atoms. The van der Waals surface area contributed by atoms with Gasteiger partial charge in [0.15, 0.2) is 6.79 Å². The summed E-state index contributed by atoms with van der Waals surface area (Å²) in [6.07, 6.45) is 0. The van der Waals surface area contributed by atoms with Gasteiger partial charge >= 0.3 is 0 Å². The van der Waals surface area contributed by atoms with E-state index in [9.17, 15) is 15.3 Å². The molecule has 0 amide bonds. The highest BCUT2D eigenvalue weighted by atomic mass is 35.5. The number of fused-ring (bicyclic) bond motifs is 1. The first-order valence-corrected chi connectivity index (χ1v) is 7.42. The third kappa shape index (κ3) is 2.46. The van der Waals surface area contributed by atoms with E-state index in [1.54, 1.807) is 12.1 Å². The van der Waals surface area contributed by atoms with Gasteiger partial charge in [0.05, 0.1) is 12.5 Å². The van der Waals surface area contributed by atoms with Gasteiger partial charge in [-0.05, 0) is 17.7 Å². The number of nitrogens with zero attached hydrogens (tertiary/aromatic N) is 2. The number of nitrogen functional groups attached to an aromatic ring is 1. The first-order chi connectivity index (χ1) is 11.6. The normalized spacial score (nSPS) is 12.6. The molecule has 0 bridgehead atoms. The molecule has 7 nitrogen and oxygen atoms in total. The number of anilines is 1. The van der Waals surface area contributed by atoms with E-state index in [4.69, 9.17) is 26.8 Å². The Morgan fingerprint density at radius 1 is 1.29 bits per heavy atom. The van der Waals surface area contributed by atoms with Gasteiger partial charge in [0.1, 0.15) is 34.8 Å². The van der Waals surface area contributed by atoms with E-state index in [1.807, 2.05) is 12.1 Å². The molecule has 0 aliphatic carbocycles. The van der Waals surface area contributed by atoms with Gasteiger partial charge < -0.3 is 20.2 Å². The lowest BCUT2D eigenvalue weighted by atomic mass is 9.93. The molecule has 0 unspecified atom stereocenters. The second kappa shape index (κ2) is 6.25. The Balaban J connectivity index is 2.37. The molecule has 1 aromatic carbocycles. The highest BCUT2D eigenvalue weighted by Crippen LogP contribution is 2.36. The van der Waals surface area contributed by atoms with Crippen LogP contribution in [0.2, 0.25) is 0 Å². The molecule has 1 aliphatic heterocycles. The van der Waals surface area contributed by atoms with Crippen LogP contribution in [0.1, 0.15) is 22.3 Å². The molecule has 1 aromatic heterocycles. The van der Waals surface area contributed by atoms with Crippen molar-refractivity contribution in [2.45, 2.75) is 12.5 Å². The molecule has 0 radical (unpaired) electrons. The maximum absolute atomic E-state index is 12.0. The summed E-state index contributed by atoms with van der Waals surface area (Å²) < 4.78 is 10.7. The van der Waals surface area contributed by atoms with Crippen molar-refractivity contribution >= 4 is 17.4 Å². The van der Waals surface area contributed by atoms with Crippen LogP contribution in [0.3, 0.4) is 0 Å². The second-order valence-corrected chi connectivity index (χ2v) is 5.35. The number of ether oxygens (including phenoxy) is 2. The summed E-state index contributed by atoms with van der Waals surface area (Å²) in [5.41, 5.74) is 7.01. The van der Waals surface area contributed by atoms with Crippen LogP contribution in [0.4, 0.5) is 5.82 Å². The van der Waals surface area contributed by atoms with Crippen molar-refractivity contribution < 1.29 is 9.47 Å². The molecule has 0 fully saturated rings. The number of pyridine rings is 1. The lowest BCUT2D eigenvalue weighted by molar-refractivity contribution is -0.0168. The van der Waals surface area contributed by atoms with Gasteiger partial charge in [-0.1, -0.05) is 0 Å². The second-order valence-electron chi connectivity index (χ2n) is 5.08. The van der Waals surface area contributed by atoms with Crippen molar-refractivity contribution in [3.63, 3.8) is 0 Å². The summed E-state index contributed by atoms with van der Waals surface area (Å²) in [7, 11) is 0. The van der Waals surface area contributed by atoms with E-state index in [2.05, 4.69) is 4.98 Å². The zero-order chi connectivity index (χ0) is 17.3. The van der Waals surface area contributed by atoms with Crippen molar-refractivity contribution in [1.82, 2.24) is 4.98 Å². The fraction of sp³-hybridized carbons (Fsp3) is 0.188. The van der Waals surface area contributed by atoms with Crippen LogP contribution in [-0.4, -0.2) is 11.8 Å². The topological polar surface area (TPSA) is 125 Å². The first-order valence-electron chi connectivity index (χ1n) is 6.89. The number of hydrogen-bond acceptors (Lipinski definition) is 6. The lowest BCUT2D eigenvalue weighted by Crippen LogP contribution is -2.17. The Kier molecular flexibility index (Phi) is 4.13. The highest BCUT2D eigenvalue weighted by Gasteiger charge is 2.22. The summed E-state index contributed by atoms with van der Waals surface area (Å²) in [4.78, 5) is 14.3. The number of alkyl halides is 1. The average molecular weight is 343 g/mol. The molecule has 8 heteroatoms. The predicted octanol–water partition coefficient (Wildman–Crippen LogP) is 1.97. The van der Waals surface area contributed by atoms with Gasteiger partial charge in [-0.3, -0.25) is 4.79 Å². The number of H-pyrrole nitrogens is 1. The number of nitriles is 2. The van der Waals surface area contributed by atoms with Crippen LogP contribution in [0.15, 0.2) is 16.9 Å². The van der Waals surface area contributed by atoms with E-state index in [0.717, 1.165) is 5.56 Å². The number of nitrogens with one attached hydrogen (secondary N) is 1. The predicted molar refractivity (Wildman–Crippen MR) is 86.2 cm³/mol. The summed E-state index contributed by atoms with van der Waals surface area (Å²) in [5.74, 6) is 0.697. The minimum absolute atomic E-state index is 0.0317. The van der Waals surface area contributed by atoms with Gasteiger partial charge in [-0.25, -0.2) is 0 Å². The molecule has 2 heterocycles. The first kappa shape index (κ1) is 15.9. The Morgan fingerprint density at radius 2 is 2.04 bits per heavy atom. The number of halogens is 1. The molecule has 0 atom stereocenters. The minimum atomic E-state index is -0.651. The number of nitrogens with two attached hydrogens (primary N) is 1. The minimum Gasteiger partial charge on any atom is -0.467 e. The van der Waals surface area contributed by atoms with Crippen molar-refractivity contribution in [3.8, 4) is 29.0 Å². The molecule has 0 saturated heterocycles. The third-order valence-electron chi connectivity index (χ3n) is 3.69. The van der Waals surface area contributed by atoms with Crippen LogP contribution in [0, 0.1) is 22.7 Å². The monoisotopic (exact) mass is 342 g/mol. The van der Waals surface area contributed by atoms with E-state index in [0.29, 0.717) is 23.5 Å². The van der Waals surface area contributed by atoms with Crippen molar-refractivity contribution in [2.75, 3.05) is 12.5 Å². The van der Waals surface area contributed by atoms with Crippen LogP contribution < -0.4 is 16.0 Å². The Morgan fingerprint density at radius 3 is 2.71 bits per heavy atom. The summed E-state index contributed by atoms with van der Waals surface area (Å²) in [6, 6.07) is 7.17. The SMILES string of the molecule is N#Cc1c(N)[nH]c(=O)c(C#N)c1-c1cc(CCl)c2c(c1)COCO2. The largest absolute Gasteiger partial charge is 0.467 e.